The molecule has 5 rings (SSSR count). The maximum absolute atomic E-state index is 13.8. The van der Waals surface area contributed by atoms with E-state index in [-0.39, 0.29) is 30.9 Å². The number of carbonyl (C=O) groups excluding carboxylic acids is 4. The molecule has 2 heterocycles. The summed E-state index contributed by atoms with van der Waals surface area (Å²) >= 11 is 0. The van der Waals surface area contributed by atoms with E-state index >= 15 is 0 Å². The summed E-state index contributed by atoms with van der Waals surface area (Å²) in [5.41, 5.74) is 1.40. The number of carbonyl (C=O) groups is 4. The Hall–Kier alpha value is -4.92. The molecule has 0 aliphatic carbocycles. The van der Waals surface area contributed by atoms with Crippen LogP contribution in [-0.2, 0) is 28.7 Å². The Balaban J connectivity index is 1.37. The zero-order valence-corrected chi connectivity index (χ0v) is 22.5. The van der Waals surface area contributed by atoms with Crippen molar-refractivity contribution in [2.75, 3.05) is 13.2 Å². The number of esters is 2. The fourth-order valence-corrected chi connectivity index (χ4v) is 5.10. The third kappa shape index (κ3) is 5.99. The van der Waals surface area contributed by atoms with Crippen molar-refractivity contribution >= 4 is 23.8 Å². The van der Waals surface area contributed by atoms with Crippen LogP contribution in [0.5, 0.6) is 5.75 Å². The molecule has 9 nitrogen and oxygen atoms in total. The van der Waals surface area contributed by atoms with Crippen molar-refractivity contribution in [3.8, 4) is 5.75 Å². The molecule has 0 radical (unpaired) electrons. The van der Waals surface area contributed by atoms with Crippen molar-refractivity contribution in [3.63, 3.8) is 0 Å². The second-order valence-corrected chi connectivity index (χ2v) is 9.62. The van der Waals surface area contributed by atoms with Crippen LogP contribution in [0.4, 0.5) is 0 Å². The highest BCUT2D eigenvalue weighted by Gasteiger charge is 2.54. The van der Waals surface area contributed by atoms with Gasteiger partial charge in [-0.25, -0.2) is 9.59 Å². The Morgan fingerprint density at radius 3 is 2.05 bits per heavy atom. The molecule has 2 aliphatic heterocycles. The van der Waals surface area contributed by atoms with E-state index in [1.54, 1.807) is 31.2 Å². The number of hydrogen-bond acceptors (Lipinski definition) is 7. The van der Waals surface area contributed by atoms with Gasteiger partial charge in [0.05, 0.1) is 18.2 Å². The molecule has 1 fully saturated rings. The van der Waals surface area contributed by atoms with Gasteiger partial charge in [-0.2, -0.15) is 0 Å². The van der Waals surface area contributed by atoms with Crippen molar-refractivity contribution in [2.45, 2.75) is 38.0 Å². The molecule has 41 heavy (non-hydrogen) atoms. The summed E-state index contributed by atoms with van der Waals surface area (Å²) < 4.78 is 16.7. The van der Waals surface area contributed by atoms with Crippen LogP contribution in [0.1, 0.15) is 37.0 Å². The molecule has 0 aromatic heterocycles. The van der Waals surface area contributed by atoms with E-state index in [2.05, 4.69) is 5.32 Å². The highest BCUT2D eigenvalue weighted by molar-refractivity contribution is 6.07. The zero-order valence-electron chi connectivity index (χ0n) is 22.5. The number of hydrogen-bond donors (Lipinski definition) is 1. The Kier molecular flexibility index (Phi) is 8.43. The summed E-state index contributed by atoms with van der Waals surface area (Å²) in [6.07, 6.45) is -0.225. The molecule has 0 bridgehead atoms. The molecular weight excluding hydrogens is 524 g/mol. The predicted octanol–water partition coefficient (Wildman–Crippen LogP) is 3.70. The van der Waals surface area contributed by atoms with Crippen LogP contribution in [-0.4, -0.2) is 54.0 Å². The Morgan fingerprint density at radius 2 is 1.46 bits per heavy atom. The molecule has 9 heteroatoms. The minimum atomic E-state index is -0.854. The first-order valence-electron chi connectivity index (χ1n) is 13.5. The first-order valence-corrected chi connectivity index (χ1v) is 13.5. The van der Waals surface area contributed by atoms with Crippen molar-refractivity contribution in [2.24, 2.45) is 0 Å². The summed E-state index contributed by atoms with van der Waals surface area (Å²) in [6.45, 7) is 1.51. The molecule has 2 atom stereocenters. The van der Waals surface area contributed by atoms with Gasteiger partial charge in [-0.1, -0.05) is 78.9 Å². The number of benzene rings is 3. The predicted molar refractivity (Wildman–Crippen MR) is 148 cm³/mol. The maximum atomic E-state index is 13.8. The van der Waals surface area contributed by atoms with E-state index in [0.717, 1.165) is 11.1 Å². The minimum absolute atomic E-state index is 0.0820. The van der Waals surface area contributed by atoms with Crippen molar-refractivity contribution < 1.29 is 33.4 Å². The lowest BCUT2D eigenvalue weighted by Gasteiger charge is -2.50. The van der Waals surface area contributed by atoms with Crippen LogP contribution >= 0.6 is 0 Å². The third-order valence-electron chi connectivity index (χ3n) is 7.01. The van der Waals surface area contributed by atoms with Gasteiger partial charge in [-0.15, -0.1) is 0 Å². The minimum Gasteiger partial charge on any atom is -0.484 e. The van der Waals surface area contributed by atoms with Crippen LogP contribution in [0.2, 0.25) is 0 Å². The topological polar surface area (TPSA) is 111 Å². The summed E-state index contributed by atoms with van der Waals surface area (Å²) in [6, 6.07) is 25.9. The van der Waals surface area contributed by atoms with Gasteiger partial charge in [0.15, 0.2) is 12.7 Å². The maximum Gasteiger partial charge on any atom is 0.356 e. The molecule has 2 aliphatic rings. The highest BCUT2D eigenvalue weighted by Crippen LogP contribution is 2.39. The lowest BCUT2D eigenvalue weighted by atomic mass is 9.83. The van der Waals surface area contributed by atoms with Gasteiger partial charge in [0.1, 0.15) is 17.5 Å². The van der Waals surface area contributed by atoms with Crippen LogP contribution in [0, 0.1) is 0 Å². The summed E-state index contributed by atoms with van der Waals surface area (Å²) in [5, 5.41) is 2.71. The Labute approximate surface area is 237 Å². The van der Waals surface area contributed by atoms with Gasteiger partial charge >= 0.3 is 11.9 Å². The van der Waals surface area contributed by atoms with Crippen molar-refractivity contribution in [1.82, 2.24) is 10.2 Å². The largest absolute Gasteiger partial charge is 0.484 e. The molecule has 0 saturated carbocycles. The molecule has 3 aromatic rings. The number of nitrogens with one attached hydrogen (secondary N) is 1. The number of nitrogens with zero attached hydrogens (tertiary/aromatic N) is 1. The molecule has 0 spiro atoms. The van der Waals surface area contributed by atoms with Crippen LogP contribution in [0.25, 0.3) is 0 Å². The first-order chi connectivity index (χ1) is 20.0. The number of fused-ring (bicyclic) bond motifs is 1. The lowest BCUT2D eigenvalue weighted by molar-refractivity contribution is -0.160. The van der Waals surface area contributed by atoms with E-state index in [4.69, 9.17) is 14.2 Å². The molecule has 1 N–H and O–H groups in total. The number of β-lactam (4-membered cyclic amide) rings is 1. The van der Waals surface area contributed by atoms with E-state index in [9.17, 15) is 19.2 Å². The highest BCUT2D eigenvalue weighted by atomic mass is 16.5. The number of rotatable bonds is 10. The van der Waals surface area contributed by atoms with E-state index in [1.165, 1.54) is 4.90 Å². The lowest BCUT2D eigenvalue weighted by Crippen LogP contribution is -2.72. The Bertz CT molecular complexity index is 1400. The molecule has 210 valence electrons. The van der Waals surface area contributed by atoms with Gasteiger partial charge in [-0.3, -0.25) is 14.5 Å². The molecule has 0 unspecified atom stereocenters. The van der Waals surface area contributed by atoms with Gasteiger partial charge in [0.2, 0.25) is 0 Å². The number of para-hydroxylation sites is 1. The van der Waals surface area contributed by atoms with Crippen LogP contribution in [0.15, 0.2) is 102 Å². The normalized spacial score (nSPS) is 17.8. The number of amides is 2. The SMILES string of the molecule is CCOC(=O)C1=C(C(=O)OC(c2ccccc2)c2ccccc2)N2C(=O)[C@@H](NC(=O)COc3ccccc3)[C@@H]2CC1. The standard InChI is InChI=1S/C32H30N2O7/c1-2-39-31(37)24-18-19-25-27(33-26(35)20-40-23-16-10-5-11-17-23)30(36)34(25)28(24)32(38)41-29(21-12-6-3-7-13-21)22-14-8-4-9-15-22/h3-17,25,27,29H,2,18-20H2,1H3,(H,33,35)/t25-,27-/m0/s1. The van der Waals surface area contributed by atoms with Gasteiger partial charge in [0.25, 0.3) is 11.8 Å². The zero-order chi connectivity index (χ0) is 28.8. The van der Waals surface area contributed by atoms with Crippen LogP contribution < -0.4 is 10.1 Å². The van der Waals surface area contributed by atoms with E-state index in [1.807, 2.05) is 66.7 Å². The number of ether oxygens (including phenoxy) is 3. The van der Waals surface area contributed by atoms with Crippen molar-refractivity contribution in [3.05, 3.63) is 113 Å². The fourth-order valence-electron chi connectivity index (χ4n) is 5.10. The summed E-state index contributed by atoms with van der Waals surface area (Å²) in [7, 11) is 0. The van der Waals surface area contributed by atoms with Crippen molar-refractivity contribution in [1.29, 1.82) is 0 Å². The summed E-state index contributed by atoms with van der Waals surface area (Å²) in [4.78, 5) is 53.9. The molecule has 3 aromatic carbocycles. The Morgan fingerprint density at radius 1 is 0.878 bits per heavy atom. The van der Waals surface area contributed by atoms with Crippen LogP contribution in [0.3, 0.4) is 0 Å². The quantitative estimate of drug-likeness (QED) is 0.301. The van der Waals surface area contributed by atoms with E-state index < -0.39 is 41.9 Å². The first kappa shape index (κ1) is 27.6. The van der Waals surface area contributed by atoms with E-state index in [0.29, 0.717) is 12.2 Å². The van der Waals surface area contributed by atoms with Gasteiger partial charge in [0, 0.05) is 0 Å². The molecule has 2 amide bonds. The monoisotopic (exact) mass is 554 g/mol. The average Bonchev–Trinajstić information content (AvgIpc) is 3.02. The second-order valence-electron chi connectivity index (χ2n) is 9.62. The molecular formula is C32H30N2O7. The van der Waals surface area contributed by atoms with Gasteiger partial charge in [-0.05, 0) is 43.0 Å². The average molecular weight is 555 g/mol. The third-order valence-corrected chi connectivity index (χ3v) is 7.01. The smallest absolute Gasteiger partial charge is 0.356 e. The fraction of sp³-hybridized carbons (Fsp3) is 0.250. The van der Waals surface area contributed by atoms with Gasteiger partial charge < -0.3 is 19.5 Å². The summed E-state index contributed by atoms with van der Waals surface area (Å²) in [5.74, 6) is -1.94. The second kappa shape index (κ2) is 12.5. The molecule has 1 saturated heterocycles.